The van der Waals surface area contributed by atoms with Gasteiger partial charge in [0.05, 0.1) is 5.52 Å². The lowest BCUT2D eigenvalue weighted by molar-refractivity contribution is 0.457. The standard InChI is InChI=1S/C22H28N2/c1-5-6-17(3)18(4)19-10-13-24(14-11-19)22-9-12-23-21-15-16(2)7-8-20(21)22/h5-9,12,15,19H,10-11,13-14H2,1-4H3/b6-5-,18-17+. The fourth-order valence-corrected chi connectivity index (χ4v) is 3.78. The molecule has 0 saturated carbocycles. The predicted molar refractivity (Wildman–Crippen MR) is 105 cm³/mol. The number of aryl methyl sites for hydroxylation is 1. The molecule has 3 rings (SSSR count). The van der Waals surface area contributed by atoms with Crippen molar-refractivity contribution in [1.82, 2.24) is 4.98 Å². The zero-order valence-electron chi connectivity index (χ0n) is 15.3. The van der Waals surface area contributed by atoms with Gasteiger partial charge in [0.1, 0.15) is 0 Å². The number of benzene rings is 1. The Kier molecular flexibility index (Phi) is 5.03. The highest BCUT2D eigenvalue weighted by atomic mass is 15.1. The van der Waals surface area contributed by atoms with E-state index in [0.29, 0.717) is 5.92 Å². The molecule has 1 aromatic carbocycles. The minimum atomic E-state index is 0.716. The summed E-state index contributed by atoms with van der Waals surface area (Å²) in [5.74, 6) is 0.716. The summed E-state index contributed by atoms with van der Waals surface area (Å²) < 4.78 is 0. The van der Waals surface area contributed by atoms with E-state index < -0.39 is 0 Å². The summed E-state index contributed by atoms with van der Waals surface area (Å²) in [7, 11) is 0. The number of piperidine rings is 1. The number of rotatable bonds is 3. The van der Waals surface area contributed by atoms with E-state index in [-0.39, 0.29) is 0 Å². The van der Waals surface area contributed by atoms with Crippen LogP contribution in [0.5, 0.6) is 0 Å². The van der Waals surface area contributed by atoms with E-state index in [1.807, 2.05) is 6.20 Å². The van der Waals surface area contributed by atoms with Crippen molar-refractivity contribution < 1.29 is 0 Å². The Labute approximate surface area is 145 Å². The summed E-state index contributed by atoms with van der Waals surface area (Å²) in [5, 5.41) is 1.28. The number of nitrogens with zero attached hydrogens (tertiary/aromatic N) is 2. The summed E-state index contributed by atoms with van der Waals surface area (Å²) in [4.78, 5) is 7.08. The van der Waals surface area contributed by atoms with Crippen LogP contribution in [-0.4, -0.2) is 18.1 Å². The molecule has 0 spiro atoms. The fourth-order valence-electron chi connectivity index (χ4n) is 3.78. The van der Waals surface area contributed by atoms with Gasteiger partial charge in [-0.1, -0.05) is 35.4 Å². The molecule has 1 saturated heterocycles. The van der Waals surface area contributed by atoms with E-state index in [4.69, 9.17) is 0 Å². The van der Waals surface area contributed by atoms with Gasteiger partial charge < -0.3 is 4.90 Å². The van der Waals surface area contributed by atoms with Gasteiger partial charge in [0, 0.05) is 30.4 Å². The molecule has 0 atom stereocenters. The second-order valence-corrected chi connectivity index (χ2v) is 6.98. The molecule has 2 heteroatoms. The van der Waals surface area contributed by atoms with Gasteiger partial charge in [0.15, 0.2) is 0 Å². The lowest BCUT2D eigenvalue weighted by Crippen LogP contribution is -2.34. The first-order chi connectivity index (χ1) is 11.6. The van der Waals surface area contributed by atoms with Crippen molar-refractivity contribution in [2.24, 2.45) is 5.92 Å². The van der Waals surface area contributed by atoms with Gasteiger partial charge in [-0.15, -0.1) is 0 Å². The van der Waals surface area contributed by atoms with Gasteiger partial charge in [-0.3, -0.25) is 4.98 Å². The van der Waals surface area contributed by atoms with Crippen LogP contribution in [0.25, 0.3) is 10.9 Å². The van der Waals surface area contributed by atoms with E-state index in [0.717, 1.165) is 18.6 Å². The monoisotopic (exact) mass is 320 g/mol. The lowest BCUT2D eigenvalue weighted by atomic mass is 9.87. The average molecular weight is 320 g/mol. The molecule has 0 bridgehead atoms. The largest absolute Gasteiger partial charge is 0.371 e. The number of aromatic nitrogens is 1. The summed E-state index contributed by atoms with van der Waals surface area (Å²) in [6.45, 7) is 11.0. The molecule has 1 aliphatic rings. The van der Waals surface area contributed by atoms with Crippen molar-refractivity contribution in [3.05, 3.63) is 59.3 Å². The second-order valence-electron chi connectivity index (χ2n) is 6.98. The Hall–Kier alpha value is -2.09. The van der Waals surface area contributed by atoms with Crippen LogP contribution in [-0.2, 0) is 0 Å². The minimum Gasteiger partial charge on any atom is -0.371 e. The highest BCUT2D eigenvalue weighted by molar-refractivity contribution is 5.91. The van der Waals surface area contributed by atoms with Crippen molar-refractivity contribution in [3.8, 4) is 0 Å². The van der Waals surface area contributed by atoms with Crippen molar-refractivity contribution in [1.29, 1.82) is 0 Å². The molecule has 126 valence electrons. The summed E-state index contributed by atoms with van der Waals surface area (Å²) in [5.41, 5.74) is 6.70. The lowest BCUT2D eigenvalue weighted by Gasteiger charge is -2.35. The molecule has 0 amide bonds. The maximum atomic E-state index is 4.54. The molecular weight excluding hydrogens is 292 g/mol. The maximum Gasteiger partial charge on any atom is 0.0725 e. The van der Waals surface area contributed by atoms with Crippen LogP contribution in [0, 0.1) is 12.8 Å². The van der Waals surface area contributed by atoms with Crippen molar-refractivity contribution in [2.75, 3.05) is 18.0 Å². The van der Waals surface area contributed by atoms with Crippen LogP contribution in [0.1, 0.15) is 39.2 Å². The first-order valence-corrected chi connectivity index (χ1v) is 9.00. The molecule has 0 radical (unpaired) electrons. The third-order valence-electron chi connectivity index (χ3n) is 5.36. The van der Waals surface area contributed by atoms with E-state index in [1.54, 1.807) is 5.57 Å². The first kappa shape index (κ1) is 16.8. The maximum absolute atomic E-state index is 4.54. The Bertz CT molecular complexity index is 778. The molecule has 0 unspecified atom stereocenters. The average Bonchev–Trinajstić information content (AvgIpc) is 2.60. The molecular formula is C22H28N2. The molecule has 1 fully saturated rings. The highest BCUT2D eigenvalue weighted by Gasteiger charge is 2.22. The zero-order valence-corrected chi connectivity index (χ0v) is 15.3. The van der Waals surface area contributed by atoms with Crippen LogP contribution in [0.15, 0.2) is 53.8 Å². The minimum absolute atomic E-state index is 0.716. The zero-order chi connectivity index (χ0) is 17.1. The summed E-state index contributed by atoms with van der Waals surface area (Å²) >= 11 is 0. The fraction of sp³-hybridized carbons (Fsp3) is 0.409. The topological polar surface area (TPSA) is 16.1 Å². The summed E-state index contributed by atoms with van der Waals surface area (Å²) in [6.07, 6.45) is 8.79. The number of allylic oxidation sites excluding steroid dienone is 4. The van der Waals surface area contributed by atoms with Crippen LogP contribution in [0.2, 0.25) is 0 Å². The number of anilines is 1. The number of hydrogen-bond acceptors (Lipinski definition) is 2. The Balaban J connectivity index is 1.79. The summed E-state index contributed by atoms with van der Waals surface area (Å²) in [6, 6.07) is 8.76. The molecule has 2 aromatic rings. The normalized spacial score (nSPS) is 17.6. The van der Waals surface area contributed by atoms with Crippen LogP contribution < -0.4 is 4.90 Å². The molecule has 2 nitrogen and oxygen atoms in total. The molecule has 0 N–H and O–H groups in total. The second kappa shape index (κ2) is 7.21. The predicted octanol–water partition coefficient (Wildman–Crippen LogP) is 5.67. The van der Waals surface area contributed by atoms with Gasteiger partial charge in [0.2, 0.25) is 0 Å². The highest BCUT2D eigenvalue weighted by Crippen LogP contribution is 2.32. The molecule has 2 heterocycles. The van der Waals surface area contributed by atoms with Crippen molar-refractivity contribution in [3.63, 3.8) is 0 Å². The number of hydrogen-bond donors (Lipinski definition) is 0. The van der Waals surface area contributed by atoms with Crippen LogP contribution in [0.3, 0.4) is 0 Å². The molecule has 0 aliphatic carbocycles. The van der Waals surface area contributed by atoms with Gasteiger partial charge in [-0.05, 0) is 64.2 Å². The molecule has 24 heavy (non-hydrogen) atoms. The van der Waals surface area contributed by atoms with Crippen molar-refractivity contribution in [2.45, 2.75) is 40.5 Å². The van der Waals surface area contributed by atoms with Gasteiger partial charge in [-0.2, -0.15) is 0 Å². The van der Waals surface area contributed by atoms with Gasteiger partial charge in [0.25, 0.3) is 0 Å². The van der Waals surface area contributed by atoms with E-state index in [9.17, 15) is 0 Å². The SMILES string of the molecule is C/C=C\C(C)=C(/C)C1CCN(c2ccnc3cc(C)ccc23)CC1. The Morgan fingerprint density at radius 1 is 1.17 bits per heavy atom. The Morgan fingerprint density at radius 2 is 1.92 bits per heavy atom. The quantitative estimate of drug-likeness (QED) is 0.677. The van der Waals surface area contributed by atoms with Crippen LogP contribution >= 0.6 is 0 Å². The third-order valence-corrected chi connectivity index (χ3v) is 5.36. The van der Waals surface area contributed by atoms with Crippen LogP contribution in [0.4, 0.5) is 5.69 Å². The third kappa shape index (κ3) is 3.38. The first-order valence-electron chi connectivity index (χ1n) is 9.00. The van der Waals surface area contributed by atoms with Gasteiger partial charge >= 0.3 is 0 Å². The smallest absolute Gasteiger partial charge is 0.0725 e. The molecule has 1 aromatic heterocycles. The van der Waals surface area contributed by atoms with Crippen molar-refractivity contribution >= 4 is 16.6 Å². The van der Waals surface area contributed by atoms with E-state index in [2.05, 4.69) is 74.0 Å². The number of pyridine rings is 1. The Morgan fingerprint density at radius 3 is 2.62 bits per heavy atom. The van der Waals surface area contributed by atoms with E-state index in [1.165, 1.54) is 35.1 Å². The number of fused-ring (bicyclic) bond motifs is 1. The van der Waals surface area contributed by atoms with Gasteiger partial charge in [-0.25, -0.2) is 0 Å². The van der Waals surface area contributed by atoms with E-state index >= 15 is 0 Å². The molecule has 1 aliphatic heterocycles.